The van der Waals surface area contributed by atoms with Crippen LogP contribution in [0.1, 0.15) is 29.0 Å². The quantitative estimate of drug-likeness (QED) is 0.649. The summed E-state index contributed by atoms with van der Waals surface area (Å²) in [5.74, 6) is 0.494. The first-order valence-electron chi connectivity index (χ1n) is 8.99. The maximum absolute atomic E-state index is 12.2. The first kappa shape index (κ1) is 18.4. The fraction of sp³-hybridized carbons (Fsp3) is 0.238. The number of nitrogens with zero attached hydrogens (tertiary/aromatic N) is 3. The minimum Gasteiger partial charge on any atom is -0.487 e. The second kappa shape index (κ2) is 7.59. The van der Waals surface area contributed by atoms with Crippen molar-refractivity contribution in [1.29, 1.82) is 0 Å². The number of hydrogen-bond donors (Lipinski definition) is 0. The topological polar surface area (TPSA) is 72.4 Å². The van der Waals surface area contributed by atoms with E-state index in [1.165, 1.54) is 12.6 Å². The summed E-state index contributed by atoms with van der Waals surface area (Å²) in [4.78, 5) is 33.9. The number of amides is 2. The number of thioether (sulfide) groups is 1. The standard InChI is InChI=1S/C21H19N3O3S/c1-3-13-4-6-16(22-10-13)12-27-17-7-5-14-8-15(11-23-18(14)9-17)19-20(25)24(2)21(26)28-19/h4-11,19H,3,12H2,1-2H3. The third-order valence-electron chi connectivity index (χ3n) is 4.71. The number of hydrogen-bond acceptors (Lipinski definition) is 6. The van der Waals surface area contributed by atoms with Crippen LogP contribution in [0.15, 0.2) is 48.8 Å². The number of imide groups is 1. The number of pyridine rings is 2. The number of aromatic nitrogens is 2. The number of likely N-dealkylation sites (N-methyl/N-ethyl adjacent to an activating group) is 1. The SMILES string of the molecule is CCc1ccc(COc2ccc3cc(C4SC(=O)N(C)C4=O)cnc3c2)nc1. The molecule has 3 aromatic rings. The molecule has 1 fully saturated rings. The zero-order chi connectivity index (χ0) is 19.7. The Bertz CT molecular complexity index is 1050. The zero-order valence-electron chi connectivity index (χ0n) is 15.6. The molecule has 0 bridgehead atoms. The van der Waals surface area contributed by atoms with Gasteiger partial charge in [-0.05, 0) is 53.6 Å². The van der Waals surface area contributed by atoms with E-state index in [4.69, 9.17) is 4.74 Å². The minimum atomic E-state index is -0.525. The molecule has 0 spiro atoms. The van der Waals surface area contributed by atoms with E-state index in [1.807, 2.05) is 36.5 Å². The number of rotatable bonds is 5. The molecule has 2 amide bonds. The van der Waals surface area contributed by atoms with E-state index < -0.39 is 5.25 Å². The van der Waals surface area contributed by atoms with Gasteiger partial charge in [0.2, 0.25) is 5.91 Å². The van der Waals surface area contributed by atoms with Crippen molar-refractivity contribution in [1.82, 2.24) is 14.9 Å². The Labute approximate surface area is 166 Å². The van der Waals surface area contributed by atoms with E-state index in [0.29, 0.717) is 12.4 Å². The molecule has 0 saturated carbocycles. The van der Waals surface area contributed by atoms with Crippen LogP contribution in [0.3, 0.4) is 0 Å². The van der Waals surface area contributed by atoms with Gasteiger partial charge in [0, 0.05) is 30.9 Å². The number of benzene rings is 1. The zero-order valence-corrected chi connectivity index (χ0v) is 16.4. The van der Waals surface area contributed by atoms with Crippen molar-refractivity contribution in [3.05, 3.63) is 65.6 Å². The molecule has 2 aromatic heterocycles. The lowest BCUT2D eigenvalue weighted by molar-refractivity contribution is -0.125. The average molecular weight is 393 g/mol. The molecule has 0 N–H and O–H groups in total. The first-order valence-corrected chi connectivity index (χ1v) is 9.87. The highest BCUT2D eigenvalue weighted by Gasteiger charge is 2.38. The Morgan fingerprint density at radius 2 is 1.96 bits per heavy atom. The van der Waals surface area contributed by atoms with Gasteiger partial charge in [0.05, 0.1) is 11.2 Å². The molecular formula is C21H19N3O3S. The van der Waals surface area contributed by atoms with Crippen molar-refractivity contribution in [2.75, 3.05) is 7.05 Å². The van der Waals surface area contributed by atoms with Crippen LogP contribution in [0.2, 0.25) is 0 Å². The molecule has 28 heavy (non-hydrogen) atoms. The molecule has 1 aromatic carbocycles. The van der Waals surface area contributed by atoms with Crippen molar-refractivity contribution in [3.63, 3.8) is 0 Å². The van der Waals surface area contributed by atoms with Gasteiger partial charge < -0.3 is 4.74 Å². The molecule has 7 heteroatoms. The van der Waals surface area contributed by atoms with Crippen molar-refractivity contribution in [2.45, 2.75) is 25.2 Å². The summed E-state index contributed by atoms with van der Waals surface area (Å²) in [7, 11) is 1.50. The molecule has 1 aliphatic rings. The predicted octanol–water partition coefficient (Wildman–Crippen LogP) is 4.14. The van der Waals surface area contributed by atoms with Crippen molar-refractivity contribution >= 4 is 33.8 Å². The number of aryl methyl sites for hydroxylation is 1. The van der Waals surface area contributed by atoms with Gasteiger partial charge in [0.15, 0.2) is 0 Å². The van der Waals surface area contributed by atoms with Gasteiger partial charge in [0.1, 0.15) is 17.6 Å². The molecule has 0 radical (unpaired) electrons. The summed E-state index contributed by atoms with van der Waals surface area (Å²) in [6.07, 6.45) is 4.48. The smallest absolute Gasteiger partial charge is 0.289 e. The maximum atomic E-state index is 12.2. The van der Waals surface area contributed by atoms with Gasteiger partial charge >= 0.3 is 0 Å². The van der Waals surface area contributed by atoms with Crippen molar-refractivity contribution < 1.29 is 14.3 Å². The Morgan fingerprint density at radius 1 is 1.11 bits per heavy atom. The summed E-state index contributed by atoms with van der Waals surface area (Å²) in [6, 6.07) is 11.6. The lowest BCUT2D eigenvalue weighted by Crippen LogP contribution is -2.24. The Hall–Kier alpha value is -2.93. The lowest BCUT2D eigenvalue weighted by atomic mass is 10.1. The summed E-state index contributed by atoms with van der Waals surface area (Å²) in [5.41, 5.74) is 3.56. The summed E-state index contributed by atoms with van der Waals surface area (Å²) < 4.78 is 5.84. The van der Waals surface area contributed by atoms with Gasteiger partial charge in [-0.2, -0.15) is 0 Å². The first-order chi connectivity index (χ1) is 13.5. The summed E-state index contributed by atoms with van der Waals surface area (Å²) >= 11 is 1.02. The fourth-order valence-corrected chi connectivity index (χ4v) is 3.94. The molecule has 0 aliphatic carbocycles. The lowest BCUT2D eigenvalue weighted by Gasteiger charge is -2.10. The van der Waals surface area contributed by atoms with Crippen LogP contribution in [-0.2, 0) is 17.8 Å². The van der Waals surface area contributed by atoms with Crippen molar-refractivity contribution in [2.24, 2.45) is 0 Å². The Morgan fingerprint density at radius 3 is 2.64 bits per heavy atom. The monoisotopic (exact) mass is 393 g/mol. The molecule has 3 heterocycles. The number of ether oxygens (including phenoxy) is 1. The van der Waals surface area contributed by atoms with E-state index in [1.54, 1.807) is 6.20 Å². The molecule has 1 unspecified atom stereocenters. The van der Waals surface area contributed by atoms with Gasteiger partial charge in [-0.3, -0.25) is 24.5 Å². The summed E-state index contributed by atoms with van der Waals surface area (Å²) in [6.45, 7) is 2.48. The number of carbonyl (C=O) groups is 2. The van der Waals surface area contributed by atoms with E-state index in [9.17, 15) is 9.59 Å². The van der Waals surface area contributed by atoms with Gasteiger partial charge in [-0.15, -0.1) is 0 Å². The third kappa shape index (κ3) is 3.57. The molecule has 142 valence electrons. The van der Waals surface area contributed by atoms with E-state index >= 15 is 0 Å². The Kier molecular flexibility index (Phi) is 5.00. The fourth-order valence-electron chi connectivity index (χ4n) is 2.97. The molecule has 4 rings (SSSR count). The van der Waals surface area contributed by atoms with Crippen molar-refractivity contribution in [3.8, 4) is 5.75 Å². The van der Waals surface area contributed by atoms with Gasteiger partial charge in [-0.1, -0.05) is 13.0 Å². The highest BCUT2D eigenvalue weighted by atomic mass is 32.2. The highest BCUT2D eigenvalue weighted by molar-refractivity contribution is 8.14. The maximum Gasteiger partial charge on any atom is 0.289 e. The second-order valence-electron chi connectivity index (χ2n) is 6.58. The predicted molar refractivity (Wildman–Crippen MR) is 108 cm³/mol. The Balaban J connectivity index is 1.50. The second-order valence-corrected chi connectivity index (χ2v) is 7.64. The van der Waals surface area contributed by atoms with Crippen LogP contribution < -0.4 is 4.74 Å². The van der Waals surface area contributed by atoms with Gasteiger partial charge in [0.25, 0.3) is 5.24 Å². The largest absolute Gasteiger partial charge is 0.487 e. The molecule has 1 saturated heterocycles. The minimum absolute atomic E-state index is 0.210. The van der Waals surface area contributed by atoms with E-state index in [2.05, 4.69) is 23.0 Å². The molecule has 1 atom stereocenters. The van der Waals surface area contributed by atoms with Crippen LogP contribution >= 0.6 is 11.8 Å². The number of fused-ring (bicyclic) bond motifs is 1. The van der Waals surface area contributed by atoms with Crippen LogP contribution in [-0.4, -0.2) is 33.1 Å². The van der Waals surface area contributed by atoms with Crippen LogP contribution in [0, 0.1) is 0 Å². The summed E-state index contributed by atoms with van der Waals surface area (Å²) in [5, 5.41) is 0.132. The van der Waals surface area contributed by atoms with E-state index in [-0.39, 0.29) is 11.1 Å². The normalized spacial score (nSPS) is 16.8. The third-order valence-corrected chi connectivity index (χ3v) is 5.89. The number of carbonyl (C=O) groups excluding carboxylic acids is 2. The average Bonchev–Trinajstić information content (AvgIpc) is 2.99. The molecule has 6 nitrogen and oxygen atoms in total. The molecule has 1 aliphatic heterocycles. The van der Waals surface area contributed by atoms with Gasteiger partial charge in [-0.25, -0.2) is 0 Å². The van der Waals surface area contributed by atoms with E-state index in [0.717, 1.165) is 45.2 Å². The highest BCUT2D eigenvalue weighted by Crippen LogP contribution is 2.39. The van der Waals surface area contributed by atoms with Crippen LogP contribution in [0.5, 0.6) is 5.75 Å². The molecular weight excluding hydrogens is 374 g/mol. The van der Waals surface area contributed by atoms with Crippen LogP contribution in [0.4, 0.5) is 4.79 Å². The van der Waals surface area contributed by atoms with Crippen LogP contribution in [0.25, 0.3) is 10.9 Å².